The molecule has 0 atom stereocenters. The predicted molar refractivity (Wildman–Crippen MR) is 78.5 cm³/mol. The molecule has 0 aliphatic rings. The fourth-order valence-electron chi connectivity index (χ4n) is 1.44. The molecule has 0 radical (unpaired) electrons. The number of aromatic nitrogens is 2. The van der Waals surface area contributed by atoms with Gasteiger partial charge in [0.25, 0.3) is 5.56 Å². The number of aryl methyl sites for hydroxylation is 1. The van der Waals surface area contributed by atoms with Gasteiger partial charge >= 0.3 is 0 Å². The Morgan fingerprint density at radius 3 is 3.00 bits per heavy atom. The lowest BCUT2D eigenvalue weighted by Crippen LogP contribution is -2.11. The van der Waals surface area contributed by atoms with E-state index in [4.69, 9.17) is 16.3 Å². The number of benzene rings is 1. The fraction of sp³-hybridized carbons (Fsp3) is 0.167. The van der Waals surface area contributed by atoms with Crippen molar-refractivity contribution in [3.63, 3.8) is 0 Å². The topological polar surface area (TPSA) is 55.0 Å². The van der Waals surface area contributed by atoms with Crippen molar-refractivity contribution >= 4 is 34.2 Å². The molecule has 4 nitrogen and oxygen atoms in total. The standard InChI is InChI=1S/C12H10ClIN2O2/c1-2-7-5-8(3-4-9(7)13)18-12-10(14)11(17)15-6-16-12/h3-6H,2H2,1H3,(H,15,16,17). The van der Waals surface area contributed by atoms with Crippen LogP contribution in [0.5, 0.6) is 11.6 Å². The Hall–Kier alpha value is -1.08. The molecule has 0 amide bonds. The average Bonchev–Trinajstić information content (AvgIpc) is 2.37. The Bertz CT molecular complexity index is 628. The lowest BCUT2D eigenvalue weighted by Gasteiger charge is -2.08. The van der Waals surface area contributed by atoms with Crippen molar-refractivity contribution in [1.82, 2.24) is 9.97 Å². The fourth-order valence-corrected chi connectivity index (χ4v) is 2.09. The molecule has 1 aromatic heterocycles. The van der Waals surface area contributed by atoms with Gasteiger partial charge in [0.2, 0.25) is 5.88 Å². The Kier molecular flexibility index (Phi) is 4.23. The number of nitrogens with zero attached hydrogens (tertiary/aromatic N) is 1. The van der Waals surface area contributed by atoms with Crippen LogP contribution in [-0.2, 0) is 6.42 Å². The third kappa shape index (κ3) is 2.84. The molecule has 1 N–H and O–H groups in total. The summed E-state index contributed by atoms with van der Waals surface area (Å²) in [6.07, 6.45) is 2.13. The van der Waals surface area contributed by atoms with E-state index >= 15 is 0 Å². The molecular weight excluding hydrogens is 367 g/mol. The maximum Gasteiger partial charge on any atom is 0.268 e. The molecule has 2 rings (SSSR count). The van der Waals surface area contributed by atoms with Gasteiger partial charge in [-0.05, 0) is 52.8 Å². The number of ether oxygens (including phenoxy) is 1. The monoisotopic (exact) mass is 376 g/mol. The number of nitrogens with one attached hydrogen (secondary N) is 1. The van der Waals surface area contributed by atoms with E-state index in [-0.39, 0.29) is 5.56 Å². The third-order valence-corrected chi connectivity index (χ3v) is 3.70. The third-order valence-electron chi connectivity index (χ3n) is 2.38. The van der Waals surface area contributed by atoms with E-state index in [1.165, 1.54) is 6.33 Å². The highest BCUT2D eigenvalue weighted by Crippen LogP contribution is 2.26. The predicted octanol–water partition coefficient (Wildman–Crippen LogP) is 3.38. The van der Waals surface area contributed by atoms with Gasteiger partial charge in [0.1, 0.15) is 9.32 Å². The van der Waals surface area contributed by atoms with Crippen molar-refractivity contribution in [3.05, 3.63) is 49.0 Å². The van der Waals surface area contributed by atoms with Gasteiger partial charge < -0.3 is 9.72 Å². The minimum Gasteiger partial charge on any atom is -0.438 e. The van der Waals surface area contributed by atoms with Crippen molar-refractivity contribution in [3.8, 4) is 11.6 Å². The molecule has 6 heteroatoms. The summed E-state index contributed by atoms with van der Waals surface area (Å²) in [5, 5.41) is 0.707. The molecule has 1 heterocycles. The Balaban J connectivity index is 2.34. The summed E-state index contributed by atoms with van der Waals surface area (Å²) < 4.78 is 6.01. The van der Waals surface area contributed by atoms with Crippen LogP contribution in [0.2, 0.25) is 5.02 Å². The van der Waals surface area contributed by atoms with E-state index in [9.17, 15) is 4.79 Å². The van der Waals surface area contributed by atoms with Crippen molar-refractivity contribution in [2.45, 2.75) is 13.3 Å². The van der Waals surface area contributed by atoms with Crippen LogP contribution in [0.15, 0.2) is 29.3 Å². The van der Waals surface area contributed by atoms with Crippen LogP contribution in [-0.4, -0.2) is 9.97 Å². The Morgan fingerprint density at radius 2 is 2.28 bits per heavy atom. The van der Waals surface area contributed by atoms with Gasteiger partial charge in [-0.3, -0.25) is 4.79 Å². The lowest BCUT2D eigenvalue weighted by atomic mass is 10.1. The largest absolute Gasteiger partial charge is 0.438 e. The van der Waals surface area contributed by atoms with E-state index in [0.717, 1.165) is 12.0 Å². The molecular formula is C12H10ClIN2O2. The summed E-state index contributed by atoms with van der Waals surface area (Å²) in [5.74, 6) is 0.913. The number of hydrogen-bond acceptors (Lipinski definition) is 3. The molecule has 0 spiro atoms. The zero-order chi connectivity index (χ0) is 13.1. The van der Waals surface area contributed by atoms with Crippen molar-refractivity contribution < 1.29 is 4.74 Å². The minimum atomic E-state index is -0.217. The molecule has 0 unspecified atom stereocenters. The van der Waals surface area contributed by atoms with E-state index in [1.54, 1.807) is 12.1 Å². The minimum absolute atomic E-state index is 0.217. The molecule has 0 saturated heterocycles. The first-order valence-electron chi connectivity index (χ1n) is 5.31. The Labute approximate surface area is 122 Å². The number of hydrogen-bond donors (Lipinski definition) is 1. The van der Waals surface area contributed by atoms with E-state index in [1.807, 2.05) is 35.6 Å². The van der Waals surface area contributed by atoms with Gasteiger partial charge in [-0.2, -0.15) is 0 Å². The Morgan fingerprint density at radius 1 is 1.50 bits per heavy atom. The van der Waals surface area contributed by atoms with Crippen LogP contribution in [0.3, 0.4) is 0 Å². The van der Waals surface area contributed by atoms with Gasteiger partial charge in [-0.15, -0.1) is 0 Å². The SMILES string of the molecule is CCc1cc(Oc2nc[nH]c(=O)c2I)ccc1Cl. The van der Waals surface area contributed by atoms with Crippen LogP contribution in [0, 0.1) is 3.57 Å². The lowest BCUT2D eigenvalue weighted by molar-refractivity contribution is 0.456. The number of aromatic amines is 1. The molecule has 1 aromatic carbocycles. The summed E-state index contributed by atoms with van der Waals surface area (Å²) in [5.41, 5.74) is 0.777. The van der Waals surface area contributed by atoms with Crippen molar-refractivity contribution in [2.24, 2.45) is 0 Å². The zero-order valence-corrected chi connectivity index (χ0v) is 12.4. The average molecular weight is 377 g/mol. The maximum atomic E-state index is 11.4. The first-order chi connectivity index (χ1) is 8.61. The van der Waals surface area contributed by atoms with E-state index < -0.39 is 0 Å². The smallest absolute Gasteiger partial charge is 0.268 e. The molecule has 0 saturated carbocycles. The summed E-state index contributed by atoms with van der Waals surface area (Å²) in [6, 6.07) is 5.37. The van der Waals surface area contributed by atoms with Gasteiger partial charge in [-0.1, -0.05) is 18.5 Å². The highest BCUT2D eigenvalue weighted by Gasteiger charge is 2.08. The van der Waals surface area contributed by atoms with Gasteiger partial charge in [0.05, 0.1) is 6.33 Å². The summed E-state index contributed by atoms with van der Waals surface area (Å²) in [4.78, 5) is 17.9. The normalized spacial score (nSPS) is 10.4. The van der Waals surface area contributed by atoms with Crippen LogP contribution < -0.4 is 10.3 Å². The second kappa shape index (κ2) is 5.71. The number of H-pyrrole nitrogens is 1. The van der Waals surface area contributed by atoms with E-state index in [2.05, 4.69) is 9.97 Å². The van der Waals surface area contributed by atoms with Crippen LogP contribution >= 0.6 is 34.2 Å². The summed E-state index contributed by atoms with van der Waals surface area (Å²) in [6.45, 7) is 2.01. The summed E-state index contributed by atoms with van der Waals surface area (Å²) >= 11 is 7.93. The molecule has 0 fully saturated rings. The van der Waals surface area contributed by atoms with Gasteiger partial charge in [0.15, 0.2) is 0 Å². The highest BCUT2D eigenvalue weighted by atomic mass is 127. The molecule has 94 valence electrons. The maximum absolute atomic E-state index is 11.4. The quantitative estimate of drug-likeness (QED) is 0.836. The first-order valence-corrected chi connectivity index (χ1v) is 6.77. The second-order valence-electron chi connectivity index (χ2n) is 3.56. The van der Waals surface area contributed by atoms with Crippen molar-refractivity contribution in [2.75, 3.05) is 0 Å². The van der Waals surface area contributed by atoms with Crippen LogP contribution in [0.1, 0.15) is 12.5 Å². The molecule has 2 aromatic rings. The molecule has 18 heavy (non-hydrogen) atoms. The molecule has 0 aliphatic carbocycles. The second-order valence-corrected chi connectivity index (χ2v) is 5.05. The number of rotatable bonds is 3. The zero-order valence-electron chi connectivity index (χ0n) is 9.54. The first kappa shape index (κ1) is 13.4. The molecule has 0 bridgehead atoms. The molecule has 0 aliphatic heterocycles. The van der Waals surface area contributed by atoms with Crippen molar-refractivity contribution in [1.29, 1.82) is 0 Å². The van der Waals surface area contributed by atoms with Crippen LogP contribution in [0.25, 0.3) is 0 Å². The van der Waals surface area contributed by atoms with Crippen LogP contribution in [0.4, 0.5) is 0 Å². The summed E-state index contributed by atoms with van der Waals surface area (Å²) in [7, 11) is 0. The highest BCUT2D eigenvalue weighted by molar-refractivity contribution is 14.1. The number of halogens is 2. The van der Waals surface area contributed by atoms with Gasteiger partial charge in [0, 0.05) is 5.02 Å². The van der Waals surface area contributed by atoms with E-state index in [0.29, 0.717) is 20.2 Å². The van der Waals surface area contributed by atoms with Gasteiger partial charge in [-0.25, -0.2) is 4.98 Å².